The minimum absolute atomic E-state index is 0.0538. The summed E-state index contributed by atoms with van der Waals surface area (Å²) in [5.41, 5.74) is -0.0538. The van der Waals surface area contributed by atoms with Gasteiger partial charge in [0.05, 0.1) is 20.1 Å². The van der Waals surface area contributed by atoms with Gasteiger partial charge >= 0.3 is 0 Å². The van der Waals surface area contributed by atoms with Gasteiger partial charge in [0.2, 0.25) is 0 Å². The van der Waals surface area contributed by atoms with Crippen LogP contribution in [0.4, 0.5) is 0 Å². The van der Waals surface area contributed by atoms with Crippen molar-refractivity contribution in [2.24, 2.45) is 0 Å². The van der Waals surface area contributed by atoms with E-state index in [1.165, 1.54) is 11.3 Å². The van der Waals surface area contributed by atoms with Crippen LogP contribution >= 0.6 is 34.5 Å². The molecule has 0 radical (unpaired) electrons. The molecule has 1 aromatic heterocycles. The molecule has 1 nitrogen and oxygen atoms in total. The Hall–Kier alpha value is -1.09. The van der Waals surface area contributed by atoms with Gasteiger partial charge in [0.25, 0.3) is 0 Å². The number of hydrogen-bond acceptors (Lipinski definition) is 2. The van der Waals surface area contributed by atoms with Crippen LogP contribution in [-0.4, -0.2) is 0 Å². The molecule has 3 aromatic rings. The Balaban J connectivity index is 2.69. The third-order valence-corrected chi connectivity index (χ3v) is 4.58. The van der Waals surface area contributed by atoms with Crippen LogP contribution in [0.25, 0.3) is 20.2 Å². The lowest BCUT2D eigenvalue weighted by Gasteiger charge is -2.03. The fourth-order valence-corrected chi connectivity index (χ4v) is 3.51. The summed E-state index contributed by atoms with van der Waals surface area (Å²) in [6.07, 6.45) is 0. The molecule has 0 unspecified atom stereocenters. The first-order chi connectivity index (χ1) is 8.18. The van der Waals surface area contributed by atoms with E-state index in [4.69, 9.17) is 23.2 Å². The summed E-state index contributed by atoms with van der Waals surface area (Å²) in [6, 6.07) is 10.9. The van der Waals surface area contributed by atoms with Crippen LogP contribution in [0.5, 0.6) is 0 Å². The lowest BCUT2D eigenvalue weighted by atomic mass is 10.2. The van der Waals surface area contributed by atoms with Crippen molar-refractivity contribution in [3.05, 3.63) is 56.7 Å². The molecule has 0 aliphatic carbocycles. The maximum Gasteiger partial charge on any atom is 0.197 e. The second-order valence-corrected chi connectivity index (χ2v) is 5.53. The van der Waals surface area contributed by atoms with E-state index in [0.717, 1.165) is 9.40 Å². The van der Waals surface area contributed by atoms with Crippen LogP contribution in [0.15, 0.2) is 41.2 Å². The minimum Gasteiger partial charge on any atom is -0.288 e. The van der Waals surface area contributed by atoms with Gasteiger partial charge in [0.15, 0.2) is 5.43 Å². The molecule has 17 heavy (non-hydrogen) atoms. The molecular formula is C13H6Cl2OS. The van der Waals surface area contributed by atoms with Gasteiger partial charge in [-0.3, -0.25) is 4.79 Å². The molecule has 0 aliphatic heterocycles. The molecule has 0 bridgehead atoms. The Labute approximate surface area is 111 Å². The Morgan fingerprint density at radius 1 is 0.941 bits per heavy atom. The smallest absolute Gasteiger partial charge is 0.197 e. The first-order valence-corrected chi connectivity index (χ1v) is 6.55. The maximum atomic E-state index is 12.3. The van der Waals surface area contributed by atoms with Gasteiger partial charge in [-0.15, -0.1) is 11.3 Å². The summed E-state index contributed by atoms with van der Waals surface area (Å²) >= 11 is 13.7. The van der Waals surface area contributed by atoms with E-state index in [1.54, 1.807) is 12.1 Å². The Morgan fingerprint density at radius 2 is 1.65 bits per heavy atom. The minimum atomic E-state index is -0.0538. The Bertz CT molecular complexity index is 792. The van der Waals surface area contributed by atoms with E-state index in [-0.39, 0.29) is 5.43 Å². The van der Waals surface area contributed by atoms with E-state index in [0.29, 0.717) is 20.8 Å². The van der Waals surface area contributed by atoms with Crippen molar-refractivity contribution in [1.29, 1.82) is 0 Å². The number of fused-ring (bicyclic) bond motifs is 2. The topological polar surface area (TPSA) is 17.1 Å². The molecule has 0 aliphatic rings. The third-order valence-electron chi connectivity index (χ3n) is 2.63. The third kappa shape index (κ3) is 1.64. The molecule has 0 spiro atoms. The maximum absolute atomic E-state index is 12.3. The lowest BCUT2D eigenvalue weighted by Crippen LogP contribution is -2.01. The molecule has 0 N–H and O–H groups in total. The summed E-state index contributed by atoms with van der Waals surface area (Å²) in [6.45, 7) is 0. The number of hydrogen-bond donors (Lipinski definition) is 0. The largest absolute Gasteiger partial charge is 0.288 e. The molecule has 84 valence electrons. The summed E-state index contributed by atoms with van der Waals surface area (Å²) in [5.74, 6) is 0. The van der Waals surface area contributed by atoms with Gasteiger partial charge in [-0.2, -0.15) is 0 Å². The number of rotatable bonds is 0. The summed E-state index contributed by atoms with van der Waals surface area (Å²) in [5, 5.41) is 2.23. The van der Waals surface area contributed by atoms with E-state index in [9.17, 15) is 4.79 Å². The summed E-state index contributed by atoms with van der Waals surface area (Å²) < 4.78 is 1.68. The highest BCUT2D eigenvalue weighted by Crippen LogP contribution is 2.33. The highest BCUT2D eigenvalue weighted by Gasteiger charge is 2.11. The van der Waals surface area contributed by atoms with Gasteiger partial charge in [0.1, 0.15) is 0 Å². The van der Waals surface area contributed by atoms with Gasteiger partial charge in [-0.25, -0.2) is 0 Å². The lowest BCUT2D eigenvalue weighted by molar-refractivity contribution is 1.74. The van der Waals surface area contributed by atoms with Crippen LogP contribution in [0.1, 0.15) is 0 Å². The zero-order chi connectivity index (χ0) is 12.0. The van der Waals surface area contributed by atoms with E-state index in [2.05, 4.69) is 0 Å². The van der Waals surface area contributed by atoms with E-state index < -0.39 is 0 Å². The molecule has 0 atom stereocenters. The fraction of sp³-hybridized carbons (Fsp3) is 0. The molecule has 0 saturated carbocycles. The molecule has 1 heterocycles. The molecule has 0 amide bonds. The Kier molecular flexibility index (Phi) is 2.58. The highest BCUT2D eigenvalue weighted by molar-refractivity contribution is 7.25. The monoisotopic (exact) mass is 280 g/mol. The average Bonchev–Trinajstić information content (AvgIpc) is 2.34. The van der Waals surface area contributed by atoms with Gasteiger partial charge in [-0.05, 0) is 24.3 Å². The predicted octanol–water partition coefficient (Wildman–Crippen LogP) is 4.72. The van der Waals surface area contributed by atoms with Crippen LogP contribution in [0, 0.1) is 0 Å². The fourth-order valence-electron chi connectivity index (χ4n) is 1.83. The van der Waals surface area contributed by atoms with Crippen molar-refractivity contribution in [3.63, 3.8) is 0 Å². The zero-order valence-electron chi connectivity index (χ0n) is 8.54. The molecule has 4 heteroatoms. The van der Waals surface area contributed by atoms with Crippen molar-refractivity contribution < 1.29 is 0 Å². The van der Waals surface area contributed by atoms with Crippen molar-refractivity contribution in [1.82, 2.24) is 0 Å². The quantitative estimate of drug-likeness (QED) is 0.545. The second kappa shape index (κ2) is 3.98. The first-order valence-electron chi connectivity index (χ1n) is 4.98. The van der Waals surface area contributed by atoms with Gasteiger partial charge < -0.3 is 0 Å². The molecule has 2 aromatic carbocycles. The van der Waals surface area contributed by atoms with Gasteiger partial charge in [-0.1, -0.05) is 35.3 Å². The number of benzene rings is 2. The van der Waals surface area contributed by atoms with Crippen LogP contribution in [-0.2, 0) is 0 Å². The molecule has 0 fully saturated rings. The second-order valence-electron chi connectivity index (χ2n) is 3.66. The van der Waals surface area contributed by atoms with E-state index >= 15 is 0 Å². The Morgan fingerprint density at radius 3 is 2.47 bits per heavy atom. The van der Waals surface area contributed by atoms with Crippen LogP contribution in [0.3, 0.4) is 0 Å². The van der Waals surface area contributed by atoms with E-state index in [1.807, 2.05) is 24.3 Å². The predicted molar refractivity (Wildman–Crippen MR) is 75.6 cm³/mol. The molecular weight excluding hydrogens is 275 g/mol. The summed E-state index contributed by atoms with van der Waals surface area (Å²) in [4.78, 5) is 12.3. The van der Waals surface area contributed by atoms with Crippen LogP contribution in [0.2, 0.25) is 10.0 Å². The normalized spacial score (nSPS) is 11.2. The van der Waals surface area contributed by atoms with Crippen molar-refractivity contribution >= 4 is 54.7 Å². The highest BCUT2D eigenvalue weighted by atomic mass is 35.5. The van der Waals surface area contributed by atoms with Crippen LogP contribution < -0.4 is 5.43 Å². The van der Waals surface area contributed by atoms with Crippen molar-refractivity contribution in [2.75, 3.05) is 0 Å². The summed E-state index contributed by atoms with van der Waals surface area (Å²) in [7, 11) is 0. The molecule has 3 rings (SSSR count). The van der Waals surface area contributed by atoms with Crippen molar-refractivity contribution in [3.8, 4) is 0 Å². The SMILES string of the molecule is O=c1c2ccccc2sc2c(Cl)ccc(Cl)c12. The zero-order valence-corrected chi connectivity index (χ0v) is 10.9. The standard InChI is InChI=1S/C13H6Cl2OS/c14-8-5-6-9(15)13-11(8)12(16)7-3-1-2-4-10(7)17-13/h1-6H. The molecule has 0 saturated heterocycles. The average molecular weight is 281 g/mol. The number of halogens is 2. The first kappa shape index (κ1) is 11.0. The van der Waals surface area contributed by atoms with Crippen molar-refractivity contribution in [2.45, 2.75) is 0 Å². The van der Waals surface area contributed by atoms with Gasteiger partial charge in [0, 0.05) is 10.1 Å².